The number of aromatic nitrogens is 4. The van der Waals surface area contributed by atoms with Gasteiger partial charge < -0.3 is 23.0 Å². The van der Waals surface area contributed by atoms with E-state index in [1.165, 1.54) is 13.3 Å². The molecule has 4 atom stereocenters. The molecule has 2 aromatic rings. The number of hydrogen-bond donors (Lipinski definition) is 1. The van der Waals surface area contributed by atoms with Crippen LogP contribution in [-0.4, -0.2) is 85.6 Å². The molecular formula is C26H44N6O6Si2. The van der Waals surface area contributed by atoms with E-state index in [0.717, 1.165) is 0 Å². The zero-order valence-electron chi connectivity index (χ0n) is 25.3. The molecule has 1 N–H and O–H groups in total. The molecule has 5 heterocycles. The number of likely N-dealkylation sites (N-methyl/N-ethyl adjacent to an activating group) is 1. The Morgan fingerprint density at radius 1 is 1.02 bits per heavy atom. The number of fused-ring (bicyclic) bond motifs is 1. The Morgan fingerprint density at radius 2 is 1.68 bits per heavy atom. The van der Waals surface area contributed by atoms with Gasteiger partial charge in [0.05, 0.1) is 19.5 Å². The van der Waals surface area contributed by atoms with E-state index in [-0.39, 0.29) is 28.1 Å². The third-order valence-electron chi connectivity index (χ3n) is 8.56. The molecule has 14 heteroatoms. The highest BCUT2D eigenvalue weighted by atomic mass is 28.5. The fraction of sp³-hybridized carbons (Fsp3) is 0.769. The minimum Gasteiger partial charge on any atom is -0.414 e. The highest BCUT2D eigenvalue weighted by molar-refractivity contribution is 6.84. The molecule has 222 valence electrons. The summed E-state index contributed by atoms with van der Waals surface area (Å²) in [4.78, 5) is 31.5. The van der Waals surface area contributed by atoms with Gasteiger partial charge in [0.1, 0.15) is 18.0 Å². The number of hydrogen-bond acceptors (Lipinski definition) is 10. The number of nitrogens with zero attached hydrogens (tertiary/aromatic N) is 5. The normalized spacial score (nSPS) is 30.2. The molecule has 3 aliphatic rings. The number of imidazole rings is 1. The van der Waals surface area contributed by atoms with Crippen LogP contribution in [0.15, 0.2) is 12.7 Å². The van der Waals surface area contributed by atoms with E-state index in [4.69, 9.17) is 22.5 Å². The summed E-state index contributed by atoms with van der Waals surface area (Å²) >= 11 is 0. The molecule has 3 fully saturated rings. The van der Waals surface area contributed by atoms with Gasteiger partial charge in [-0.05, 0) is 22.2 Å². The lowest BCUT2D eigenvalue weighted by molar-refractivity contribution is -0.257. The molecule has 2 bridgehead atoms. The first-order valence-electron chi connectivity index (χ1n) is 14.3. The number of carbonyl (C=O) groups excluding carboxylic acids is 1. The van der Waals surface area contributed by atoms with E-state index in [1.54, 1.807) is 6.33 Å². The van der Waals surface area contributed by atoms with Crippen molar-refractivity contribution in [1.29, 1.82) is 0 Å². The van der Waals surface area contributed by atoms with Crippen LogP contribution in [0.5, 0.6) is 0 Å². The van der Waals surface area contributed by atoms with Crippen molar-refractivity contribution in [3.8, 4) is 0 Å². The zero-order valence-corrected chi connectivity index (χ0v) is 27.3. The van der Waals surface area contributed by atoms with Crippen LogP contribution in [0.3, 0.4) is 0 Å². The molecule has 5 rings (SSSR count). The number of ether oxygens (including phenoxy) is 1. The fourth-order valence-electron chi connectivity index (χ4n) is 6.67. The van der Waals surface area contributed by atoms with Crippen LogP contribution in [0.1, 0.15) is 68.5 Å². The smallest absolute Gasteiger partial charge is 0.335 e. The van der Waals surface area contributed by atoms with Crippen LogP contribution in [0.25, 0.3) is 11.2 Å². The van der Waals surface area contributed by atoms with Crippen LogP contribution in [0.4, 0.5) is 5.82 Å². The zero-order chi connectivity index (χ0) is 29.2. The molecule has 0 radical (unpaired) electrons. The van der Waals surface area contributed by atoms with E-state index in [1.807, 2.05) is 16.7 Å². The van der Waals surface area contributed by atoms with E-state index in [9.17, 15) is 4.79 Å². The molecule has 0 spiro atoms. The number of anilines is 1. The molecular weight excluding hydrogens is 548 g/mol. The van der Waals surface area contributed by atoms with Crippen molar-refractivity contribution < 1.29 is 27.3 Å². The molecule has 40 heavy (non-hydrogen) atoms. The Labute approximate surface area is 238 Å². The van der Waals surface area contributed by atoms with Crippen molar-refractivity contribution in [2.24, 2.45) is 0 Å². The van der Waals surface area contributed by atoms with Gasteiger partial charge in [-0.2, -0.15) is 5.06 Å². The monoisotopic (exact) mass is 592 g/mol. The first-order chi connectivity index (χ1) is 18.8. The largest absolute Gasteiger partial charge is 0.414 e. The Morgan fingerprint density at radius 3 is 2.27 bits per heavy atom. The van der Waals surface area contributed by atoms with Gasteiger partial charge in [-0.3, -0.25) is 14.2 Å². The van der Waals surface area contributed by atoms with Crippen LogP contribution >= 0.6 is 0 Å². The summed E-state index contributed by atoms with van der Waals surface area (Å²) in [5.41, 5.74) is 1.02. The van der Waals surface area contributed by atoms with Gasteiger partial charge in [0.2, 0.25) is 5.91 Å². The average molecular weight is 593 g/mol. The van der Waals surface area contributed by atoms with Crippen molar-refractivity contribution in [2.75, 3.05) is 25.5 Å². The summed E-state index contributed by atoms with van der Waals surface area (Å²) < 4.78 is 30.7. The molecule has 0 saturated carbocycles. The average Bonchev–Trinajstić information content (AvgIpc) is 3.34. The summed E-state index contributed by atoms with van der Waals surface area (Å²) in [6, 6.07) is 0. The van der Waals surface area contributed by atoms with Gasteiger partial charge in [-0.25, -0.2) is 15.0 Å². The van der Waals surface area contributed by atoms with Gasteiger partial charge in [0, 0.05) is 14.0 Å². The molecule has 1 amide bonds. The van der Waals surface area contributed by atoms with Crippen LogP contribution < -0.4 is 5.32 Å². The molecule has 3 saturated heterocycles. The first kappa shape index (κ1) is 29.7. The van der Waals surface area contributed by atoms with Crippen molar-refractivity contribution in [1.82, 2.24) is 24.6 Å². The van der Waals surface area contributed by atoms with E-state index in [2.05, 4.69) is 75.7 Å². The summed E-state index contributed by atoms with van der Waals surface area (Å²) in [5, 5.41) is 4.57. The van der Waals surface area contributed by atoms with E-state index < -0.39 is 41.2 Å². The highest BCUT2D eigenvalue weighted by Crippen LogP contribution is 2.53. The lowest BCUT2D eigenvalue weighted by Gasteiger charge is -2.55. The molecule has 0 aromatic carbocycles. The lowest BCUT2D eigenvalue weighted by Crippen LogP contribution is -2.71. The second-order valence-corrected chi connectivity index (χ2v) is 21.5. The van der Waals surface area contributed by atoms with Crippen molar-refractivity contribution >= 4 is 40.0 Å². The second kappa shape index (κ2) is 10.5. The van der Waals surface area contributed by atoms with Crippen LogP contribution in [0, 0.1) is 0 Å². The maximum Gasteiger partial charge on any atom is 0.335 e. The van der Waals surface area contributed by atoms with Crippen LogP contribution in [0.2, 0.25) is 22.2 Å². The predicted octanol–water partition coefficient (Wildman–Crippen LogP) is 4.25. The van der Waals surface area contributed by atoms with Crippen molar-refractivity contribution in [3.05, 3.63) is 12.7 Å². The summed E-state index contributed by atoms with van der Waals surface area (Å²) in [6.07, 6.45) is 1.56. The number of rotatable bonds is 6. The van der Waals surface area contributed by atoms with E-state index >= 15 is 0 Å². The minimum absolute atomic E-state index is 0.176. The SMILES string of the molecule is CC(=O)Nc1ncnc2c1ncn2[C@@H]1O[C@]23CO[Si](C(C)C)(C(C)C)O[Si](C(C)C)(C(C)C)OC2C1ON(C)C3. The Hall–Kier alpha value is -1.79. The van der Waals surface area contributed by atoms with Crippen molar-refractivity contribution in [3.63, 3.8) is 0 Å². The van der Waals surface area contributed by atoms with Gasteiger partial charge in [0.15, 0.2) is 29.3 Å². The summed E-state index contributed by atoms with van der Waals surface area (Å²) in [5.74, 6) is 0.116. The number of hydroxylamine groups is 2. The summed E-state index contributed by atoms with van der Waals surface area (Å²) in [6.45, 7) is 19.9. The topological polar surface area (TPSA) is 122 Å². The number of nitrogens with one attached hydrogen (secondary N) is 1. The number of amides is 1. The predicted molar refractivity (Wildman–Crippen MR) is 154 cm³/mol. The maximum absolute atomic E-state index is 11.8. The number of carbonyl (C=O) groups is 1. The minimum atomic E-state index is -2.90. The van der Waals surface area contributed by atoms with E-state index in [0.29, 0.717) is 30.1 Å². The van der Waals surface area contributed by atoms with Crippen LogP contribution in [-0.2, 0) is 27.3 Å². The quantitative estimate of drug-likeness (QED) is 0.487. The maximum atomic E-state index is 11.8. The molecule has 12 nitrogen and oxygen atoms in total. The molecule has 2 aromatic heterocycles. The highest BCUT2D eigenvalue weighted by Gasteiger charge is 2.68. The van der Waals surface area contributed by atoms with Crippen molar-refractivity contribution in [2.45, 2.75) is 109 Å². The molecule has 0 aliphatic carbocycles. The molecule has 3 aliphatic heterocycles. The Kier molecular flexibility index (Phi) is 7.79. The second-order valence-electron chi connectivity index (χ2n) is 12.6. The fourth-order valence-corrected chi connectivity index (χ4v) is 18.0. The van der Waals surface area contributed by atoms with Gasteiger partial charge in [-0.15, -0.1) is 0 Å². The first-order valence-corrected chi connectivity index (χ1v) is 18.2. The summed E-state index contributed by atoms with van der Waals surface area (Å²) in [7, 11) is -3.74. The van der Waals surface area contributed by atoms with Gasteiger partial charge >= 0.3 is 17.1 Å². The lowest BCUT2D eigenvalue weighted by atomic mass is 9.94. The third-order valence-corrected chi connectivity index (χ3v) is 18.8. The van der Waals surface area contributed by atoms with Gasteiger partial charge in [0.25, 0.3) is 0 Å². The Balaban J connectivity index is 1.64. The van der Waals surface area contributed by atoms with Gasteiger partial charge in [-0.1, -0.05) is 55.4 Å². The third kappa shape index (κ3) is 4.56. The molecule has 2 unspecified atom stereocenters. The standard InChI is InChI=1S/C26H44N6O6Si2/c1-15(2)39(16(3)4)34-12-26-11-31(10)36-21(22(26)37-40(38-39,17(5)6)18(7)8)25(35-26)32-14-29-20-23(30-19(9)33)27-13-28-24(20)32/h13-18,21-22,25H,11-12H2,1-10H3,(H,27,28,30,33)/t21?,22?,25-,26-/m1/s1. The Bertz CT molecular complexity index is 1240.